The summed E-state index contributed by atoms with van der Waals surface area (Å²) in [4.78, 5) is 0. The molecule has 9 heteroatoms. The van der Waals surface area contributed by atoms with E-state index in [-0.39, 0.29) is 5.69 Å². The van der Waals surface area contributed by atoms with Gasteiger partial charge in [-0.2, -0.15) is 23.4 Å². The number of rotatable bonds is 4. The molecule has 4 aromatic carbocycles. The number of aryl methyl sites for hydroxylation is 1. The first-order valence-corrected chi connectivity index (χ1v) is 15.8. The number of alkyl halides is 3. The van der Waals surface area contributed by atoms with Crippen LogP contribution >= 0.6 is 22.7 Å². The summed E-state index contributed by atoms with van der Waals surface area (Å²) >= 11 is 3.25. The van der Waals surface area contributed by atoms with E-state index in [0.29, 0.717) is 11.4 Å². The molecule has 0 unspecified atom stereocenters. The molecule has 4 heterocycles. The van der Waals surface area contributed by atoms with Crippen LogP contribution in [0.25, 0.3) is 51.7 Å². The van der Waals surface area contributed by atoms with Crippen LogP contribution < -0.4 is 0 Å². The molecule has 0 spiro atoms. The van der Waals surface area contributed by atoms with Crippen molar-refractivity contribution in [3.63, 3.8) is 0 Å². The number of benzene rings is 4. The minimum absolute atomic E-state index is 0.0588. The Morgan fingerprint density at radius 2 is 1.07 bits per heavy atom. The third kappa shape index (κ3) is 4.03. The van der Waals surface area contributed by atoms with Crippen LogP contribution in [0, 0.1) is 6.92 Å². The molecular weight excluding hydrogens is 598 g/mol. The average Bonchev–Trinajstić information content (AvgIpc) is 3.79. The van der Waals surface area contributed by atoms with E-state index in [0.717, 1.165) is 47.7 Å². The van der Waals surface area contributed by atoms with Gasteiger partial charge in [0.1, 0.15) is 0 Å². The molecule has 0 amide bonds. The van der Waals surface area contributed by atoms with E-state index in [1.807, 2.05) is 79.9 Å². The number of aromatic nitrogens is 4. The fraction of sp³-hybridized carbons (Fsp3) is 0.143. The van der Waals surface area contributed by atoms with Gasteiger partial charge in [-0.1, -0.05) is 60.7 Å². The van der Waals surface area contributed by atoms with Gasteiger partial charge in [-0.3, -0.25) is 0 Å². The van der Waals surface area contributed by atoms with Crippen LogP contribution in [0.15, 0.2) is 97.3 Å². The van der Waals surface area contributed by atoms with Crippen molar-refractivity contribution in [3.8, 4) is 11.4 Å². The normalized spacial score (nSPS) is 12.8. The predicted molar refractivity (Wildman–Crippen MR) is 175 cm³/mol. The summed E-state index contributed by atoms with van der Waals surface area (Å²) in [5.74, 6) is 0. The molecule has 0 aliphatic carbocycles. The smallest absolute Gasteiger partial charge is 0.239 e. The summed E-state index contributed by atoms with van der Waals surface area (Å²) in [5.41, 5.74) is 0.890. The summed E-state index contributed by atoms with van der Waals surface area (Å²) in [6.45, 7) is 5.44. The lowest BCUT2D eigenvalue weighted by Crippen LogP contribution is -2.25. The van der Waals surface area contributed by atoms with Crippen LogP contribution in [0.2, 0.25) is 0 Å². The van der Waals surface area contributed by atoms with Gasteiger partial charge in [-0.15, -0.1) is 22.7 Å². The van der Waals surface area contributed by atoms with E-state index >= 15 is 0 Å². The zero-order chi connectivity index (χ0) is 30.4. The van der Waals surface area contributed by atoms with Crippen LogP contribution in [0.5, 0.6) is 0 Å². The molecular formula is C35H25F3N4S2. The van der Waals surface area contributed by atoms with Gasteiger partial charge in [0.2, 0.25) is 0 Å². The zero-order valence-electron chi connectivity index (χ0n) is 24.0. The summed E-state index contributed by atoms with van der Waals surface area (Å²) in [7, 11) is 0. The van der Waals surface area contributed by atoms with Crippen LogP contribution in [-0.2, 0) is 11.6 Å². The van der Waals surface area contributed by atoms with E-state index < -0.39 is 17.2 Å². The van der Waals surface area contributed by atoms with Crippen molar-refractivity contribution in [1.29, 1.82) is 0 Å². The van der Waals surface area contributed by atoms with E-state index in [4.69, 9.17) is 5.10 Å². The van der Waals surface area contributed by atoms with Crippen molar-refractivity contribution in [2.45, 2.75) is 32.4 Å². The lowest BCUT2D eigenvalue weighted by molar-refractivity contribution is -0.138. The quantitative estimate of drug-likeness (QED) is 0.196. The van der Waals surface area contributed by atoms with Gasteiger partial charge in [0.25, 0.3) is 0 Å². The molecule has 218 valence electrons. The van der Waals surface area contributed by atoms with E-state index in [2.05, 4.69) is 23.3 Å². The van der Waals surface area contributed by atoms with Gasteiger partial charge in [0.15, 0.2) is 0 Å². The monoisotopic (exact) mass is 622 g/mol. The van der Waals surface area contributed by atoms with E-state index in [1.165, 1.54) is 14.8 Å². The third-order valence-electron chi connectivity index (χ3n) is 8.36. The lowest BCUT2D eigenvalue weighted by Gasteiger charge is -2.23. The van der Waals surface area contributed by atoms with E-state index in [9.17, 15) is 13.2 Å². The molecule has 0 bridgehead atoms. The van der Waals surface area contributed by atoms with Gasteiger partial charge in [0, 0.05) is 43.3 Å². The molecule has 44 heavy (non-hydrogen) atoms. The minimum Gasteiger partial charge on any atom is -0.239 e. The topological polar surface area (TPSA) is 35.6 Å². The number of nitrogens with zero attached hydrogens (tertiary/aromatic N) is 4. The highest BCUT2D eigenvalue weighted by atomic mass is 32.1. The maximum Gasteiger partial charge on any atom is 0.419 e. The number of halogens is 3. The zero-order valence-corrected chi connectivity index (χ0v) is 25.6. The molecule has 4 nitrogen and oxygen atoms in total. The molecule has 0 N–H and O–H groups in total. The van der Waals surface area contributed by atoms with Gasteiger partial charge < -0.3 is 0 Å². The molecule has 0 fully saturated rings. The first-order valence-electron chi connectivity index (χ1n) is 14.2. The molecule has 0 saturated carbocycles. The Kier molecular flexibility index (Phi) is 5.86. The standard InChI is InChI=1S/C35H25F3N4S2/c1-20-18-41(26-14-8-12-23-21-10-4-6-16-28(21)43-30(23)26)39-32(20)34(2,3)33-25(35(36,37)38)19-42(40-33)27-15-9-13-24-22-11-5-7-17-29(22)44-31(24)27/h4-19H,1-3H3. The van der Waals surface area contributed by atoms with Gasteiger partial charge >= 0.3 is 6.18 Å². The molecule has 8 rings (SSSR count). The largest absolute Gasteiger partial charge is 0.419 e. The fourth-order valence-electron chi connectivity index (χ4n) is 6.31. The number of hydrogen-bond donors (Lipinski definition) is 0. The van der Waals surface area contributed by atoms with Crippen LogP contribution in [0.3, 0.4) is 0 Å². The number of fused-ring (bicyclic) bond motifs is 6. The van der Waals surface area contributed by atoms with Crippen molar-refractivity contribution < 1.29 is 13.2 Å². The summed E-state index contributed by atoms with van der Waals surface area (Å²) in [6, 6.07) is 28.1. The first-order chi connectivity index (χ1) is 21.1. The molecule has 4 aromatic heterocycles. The fourth-order valence-corrected chi connectivity index (χ4v) is 8.72. The van der Waals surface area contributed by atoms with Crippen molar-refractivity contribution in [3.05, 3.63) is 120 Å². The Labute approximate surface area is 258 Å². The average molecular weight is 623 g/mol. The Morgan fingerprint density at radius 1 is 0.591 bits per heavy atom. The highest BCUT2D eigenvalue weighted by Gasteiger charge is 2.43. The van der Waals surface area contributed by atoms with Crippen LogP contribution in [-0.4, -0.2) is 19.6 Å². The van der Waals surface area contributed by atoms with Crippen molar-refractivity contribution in [1.82, 2.24) is 19.6 Å². The van der Waals surface area contributed by atoms with Crippen LogP contribution in [0.4, 0.5) is 13.2 Å². The van der Waals surface area contributed by atoms with Crippen molar-refractivity contribution >= 4 is 63.0 Å². The summed E-state index contributed by atoms with van der Waals surface area (Å²) < 4.78 is 51.4. The Morgan fingerprint density at radius 3 is 1.61 bits per heavy atom. The van der Waals surface area contributed by atoms with Crippen molar-refractivity contribution in [2.24, 2.45) is 0 Å². The minimum atomic E-state index is -4.60. The Balaban J connectivity index is 1.28. The second-order valence-electron chi connectivity index (χ2n) is 11.6. The number of hydrogen-bond acceptors (Lipinski definition) is 4. The van der Waals surface area contributed by atoms with Crippen molar-refractivity contribution in [2.75, 3.05) is 0 Å². The molecule has 0 radical (unpaired) electrons. The second kappa shape index (κ2) is 9.51. The van der Waals surface area contributed by atoms with Gasteiger partial charge in [0.05, 0.1) is 43.1 Å². The van der Waals surface area contributed by atoms with Gasteiger partial charge in [-0.05, 0) is 50.6 Å². The van der Waals surface area contributed by atoms with E-state index in [1.54, 1.807) is 41.2 Å². The lowest BCUT2D eigenvalue weighted by atomic mass is 9.82. The second-order valence-corrected chi connectivity index (χ2v) is 13.7. The summed E-state index contributed by atoms with van der Waals surface area (Å²) in [6.07, 6.45) is -1.57. The first kappa shape index (κ1) is 27.1. The summed E-state index contributed by atoms with van der Waals surface area (Å²) in [5, 5.41) is 14.0. The SMILES string of the molecule is Cc1cn(-c2cccc3c2sc2ccccc23)nc1C(C)(C)c1nn(-c2cccc3c2sc2ccccc23)cc1C(F)(F)F. The molecule has 0 atom stereocenters. The molecule has 0 aliphatic rings. The maximum atomic E-state index is 14.7. The predicted octanol–water partition coefficient (Wildman–Crippen LogP) is 10.4. The van der Waals surface area contributed by atoms with Gasteiger partial charge in [-0.25, -0.2) is 9.36 Å². The Bertz CT molecular complexity index is 2390. The Hall–Kier alpha value is -4.47. The van der Waals surface area contributed by atoms with Crippen LogP contribution in [0.1, 0.15) is 36.4 Å². The number of thiophene rings is 2. The maximum absolute atomic E-state index is 14.7. The highest BCUT2D eigenvalue weighted by molar-refractivity contribution is 7.26. The highest BCUT2D eigenvalue weighted by Crippen LogP contribution is 2.43. The third-order valence-corrected chi connectivity index (χ3v) is 10.8. The molecule has 0 aliphatic heterocycles. The molecule has 0 saturated heterocycles. The molecule has 8 aromatic rings.